The van der Waals surface area contributed by atoms with Crippen molar-refractivity contribution in [3.05, 3.63) is 29.6 Å². The van der Waals surface area contributed by atoms with Crippen molar-refractivity contribution < 1.29 is 4.39 Å². The molecule has 3 heteroatoms. The molecule has 1 aliphatic heterocycles. The number of benzene rings is 1. The number of halogens is 1. The van der Waals surface area contributed by atoms with Crippen molar-refractivity contribution in [1.82, 2.24) is 0 Å². The van der Waals surface area contributed by atoms with Gasteiger partial charge in [0.1, 0.15) is 5.82 Å². The van der Waals surface area contributed by atoms with Crippen LogP contribution in [0.4, 0.5) is 10.1 Å². The van der Waals surface area contributed by atoms with Crippen molar-refractivity contribution in [2.75, 3.05) is 18.0 Å². The second-order valence-electron chi connectivity index (χ2n) is 5.90. The van der Waals surface area contributed by atoms with Crippen LogP contribution in [0.15, 0.2) is 18.2 Å². The van der Waals surface area contributed by atoms with Crippen LogP contribution in [0.25, 0.3) is 0 Å². The molecule has 1 atom stereocenters. The second-order valence-corrected chi connectivity index (χ2v) is 5.90. The molecule has 0 spiro atoms. The zero-order chi connectivity index (χ0) is 13.8. The molecule has 0 aromatic heterocycles. The summed E-state index contributed by atoms with van der Waals surface area (Å²) in [6.45, 7) is 7.13. The number of rotatable bonds is 3. The van der Waals surface area contributed by atoms with Gasteiger partial charge in [0.25, 0.3) is 0 Å². The van der Waals surface area contributed by atoms with Gasteiger partial charge in [-0.25, -0.2) is 4.39 Å². The summed E-state index contributed by atoms with van der Waals surface area (Å²) < 4.78 is 13.3. The Kier molecular flexibility index (Phi) is 4.81. The molecular formula is C16H25FN2. The molecule has 0 aliphatic carbocycles. The lowest BCUT2D eigenvalue weighted by Crippen LogP contribution is -2.26. The predicted octanol–water partition coefficient (Wildman–Crippen LogP) is 3.55. The zero-order valence-electron chi connectivity index (χ0n) is 12.0. The largest absolute Gasteiger partial charge is 0.371 e. The second kappa shape index (κ2) is 6.38. The summed E-state index contributed by atoms with van der Waals surface area (Å²) >= 11 is 0. The SMILES string of the molecule is CC(C)C1CCCN(c2ccc(F)cc2CN)CC1. The summed E-state index contributed by atoms with van der Waals surface area (Å²) in [6, 6.07) is 4.99. The van der Waals surface area contributed by atoms with Crippen LogP contribution in [0.5, 0.6) is 0 Å². The van der Waals surface area contributed by atoms with Crippen LogP contribution in [0.1, 0.15) is 38.7 Å². The molecule has 0 amide bonds. The molecule has 1 heterocycles. The summed E-state index contributed by atoms with van der Waals surface area (Å²) in [6.07, 6.45) is 3.73. The first kappa shape index (κ1) is 14.3. The van der Waals surface area contributed by atoms with Crippen LogP contribution in [-0.2, 0) is 6.54 Å². The Balaban J connectivity index is 2.14. The average molecular weight is 264 g/mol. The Morgan fingerprint density at radius 2 is 2.11 bits per heavy atom. The number of nitrogens with two attached hydrogens (primary N) is 1. The fourth-order valence-corrected chi connectivity index (χ4v) is 3.06. The van der Waals surface area contributed by atoms with Crippen molar-refractivity contribution in [3.8, 4) is 0 Å². The van der Waals surface area contributed by atoms with Gasteiger partial charge in [-0.05, 0) is 54.9 Å². The summed E-state index contributed by atoms with van der Waals surface area (Å²) in [5.74, 6) is 1.37. The first-order valence-electron chi connectivity index (χ1n) is 7.35. The van der Waals surface area contributed by atoms with Crippen molar-refractivity contribution >= 4 is 5.69 Å². The van der Waals surface area contributed by atoms with Crippen molar-refractivity contribution in [2.45, 2.75) is 39.7 Å². The van der Waals surface area contributed by atoms with E-state index < -0.39 is 0 Å². The molecular weight excluding hydrogens is 239 g/mol. The molecule has 106 valence electrons. The maximum Gasteiger partial charge on any atom is 0.123 e. The average Bonchev–Trinajstić information content (AvgIpc) is 2.64. The van der Waals surface area contributed by atoms with E-state index in [0.29, 0.717) is 6.54 Å². The smallest absolute Gasteiger partial charge is 0.123 e. The quantitative estimate of drug-likeness (QED) is 0.904. The Morgan fingerprint density at radius 3 is 2.79 bits per heavy atom. The van der Waals surface area contributed by atoms with E-state index in [-0.39, 0.29) is 5.82 Å². The number of anilines is 1. The maximum absolute atomic E-state index is 13.3. The highest BCUT2D eigenvalue weighted by molar-refractivity contribution is 5.54. The van der Waals surface area contributed by atoms with Gasteiger partial charge < -0.3 is 10.6 Å². The highest BCUT2D eigenvalue weighted by Gasteiger charge is 2.20. The van der Waals surface area contributed by atoms with Crippen molar-refractivity contribution in [3.63, 3.8) is 0 Å². The van der Waals surface area contributed by atoms with E-state index in [9.17, 15) is 4.39 Å². The van der Waals surface area contributed by atoms with Gasteiger partial charge in [0.15, 0.2) is 0 Å². The van der Waals surface area contributed by atoms with Crippen LogP contribution in [-0.4, -0.2) is 13.1 Å². The lowest BCUT2D eigenvalue weighted by Gasteiger charge is -2.26. The Labute approximate surface area is 115 Å². The molecule has 1 unspecified atom stereocenters. The predicted molar refractivity (Wildman–Crippen MR) is 78.7 cm³/mol. The fraction of sp³-hybridized carbons (Fsp3) is 0.625. The third kappa shape index (κ3) is 3.47. The lowest BCUT2D eigenvalue weighted by molar-refractivity contribution is 0.351. The summed E-state index contributed by atoms with van der Waals surface area (Å²) in [4.78, 5) is 2.38. The zero-order valence-corrected chi connectivity index (χ0v) is 12.0. The molecule has 2 N–H and O–H groups in total. The minimum atomic E-state index is -0.195. The molecule has 1 aromatic carbocycles. The van der Waals surface area contributed by atoms with Crippen LogP contribution < -0.4 is 10.6 Å². The van der Waals surface area contributed by atoms with E-state index in [1.165, 1.54) is 19.3 Å². The number of hydrogen-bond donors (Lipinski definition) is 1. The monoisotopic (exact) mass is 264 g/mol. The van der Waals surface area contributed by atoms with Gasteiger partial charge >= 0.3 is 0 Å². The topological polar surface area (TPSA) is 29.3 Å². The summed E-state index contributed by atoms with van der Waals surface area (Å²) in [7, 11) is 0. The summed E-state index contributed by atoms with van der Waals surface area (Å²) in [5.41, 5.74) is 7.79. The third-order valence-corrected chi connectivity index (χ3v) is 4.32. The van der Waals surface area contributed by atoms with E-state index in [4.69, 9.17) is 5.73 Å². The first-order valence-corrected chi connectivity index (χ1v) is 7.35. The summed E-state index contributed by atoms with van der Waals surface area (Å²) in [5, 5.41) is 0. The van der Waals surface area contributed by atoms with Gasteiger partial charge in [0.2, 0.25) is 0 Å². The molecule has 1 fully saturated rings. The highest BCUT2D eigenvalue weighted by atomic mass is 19.1. The fourth-order valence-electron chi connectivity index (χ4n) is 3.06. The van der Waals surface area contributed by atoms with E-state index in [1.54, 1.807) is 12.1 Å². The molecule has 0 bridgehead atoms. The lowest BCUT2D eigenvalue weighted by atomic mass is 9.89. The number of hydrogen-bond acceptors (Lipinski definition) is 2. The Morgan fingerprint density at radius 1 is 1.32 bits per heavy atom. The normalized spacial score (nSPS) is 20.7. The van der Waals surface area contributed by atoms with Gasteiger partial charge in [-0.15, -0.1) is 0 Å². The highest BCUT2D eigenvalue weighted by Crippen LogP contribution is 2.29. The van der Waals surface area contributed by atoms with E-state index >= 15 is 0 Å². The van der Waals surface area contributed by atoms with Gasteiger partial charge in [-0.3, -0.25) is 0 Å². The molecule has 2 nitrogen and oxygen atoms in total. The van der Waals surface area contributed by atoms with Gasteiger partial charge in [-0.1, -0.05) is 13.8 Å². The van der Waals surface area contributed by atoms with Gasteiger partial charge in [0.05, 0.1) is 0 Å². The minimum Gasteiger partial charge on any atom is -0.371 e. The maximum atomic E-state index is 13.3. The molecule has 19 heavy (non-hydrogen) atoms. The molecule has 2 rings (SSSR count). The Hall–Kier alpha value is -1.09. The van der Waals surface area contributed by atoms with Crippen molar-refractivity contribution in [1.29, 1.82) is 0 Å². The van der Waals surface area contributed by atoms with Crippen LogP contribution >= 0.6 is 0 Å². The molecule has 0 saturated carbocycles. The van der Waals surface area contributed by atoms with Gasteiger partial charge in [-0.2, -0.15) is 0 Å². The standard InChI is InChI=1S/C16H25FN2/c1-12(2)13-4-3-8-19(9-7-13)16-6-5-15(17)10-14(16)11-18/h5-6,10,12-13H,3-4,7-9,11,18H2,1-2H3. The van der Waals surface area contributed by atoms with Crippen LogP contribution in [0.3, 0.4) is 0 Å². The van der Waals surface area contributed by atoms with E-state index in [2.05, 4.69) is 18.7 Å². The van der Waals surface area contributed by atoms with E-state index in [1.807, 2.05) is 6.07 Å². The number of nitrogens with zero attached hydrogens (tertiary/aromatic N) is 1. The Bertz CT molecular complexity index is 417. The van der Waals surface area contributed by atoms with Crippen LogP contribution in [0, 0.1) is 17.7 Å². The molecule has 1 saturated heterocycles. The van der Waals surface area contributed by atoms with E-state index in [0.717, 1.165) is 36.2 Å². The first-order chi connectivity index (χ1) is 9.11. The van der Waals surface area contributed by atoms with Gasteiger partial charge in [0, 0.05) is 25.3 Å². The molecule has 0 radical (unpaired) electrons. The third-order valence-electron chi connectivity index (χ3n) is 4.32. The molecule has 1 aliphatic rings. The van der Waals surface area contributed by atoms with Crippen LogP contribution in [0.2, 0.25) is 0 Å². The molecule has 1 aromatic rings. The van der Waals surface area contributed by atoms with Crippen molar-refractivity contribution in [2.24, 2.45) is 17.6 Å². The minimum absolute atomic E-state index is 0.195.